The highest BCUT2D eigenvalue weighted by Gasteiger charge is 2.00. The zero-order chi connectivity index (χ0) is 7.56. The van der Waals surface area contributed by atoms with E-state index >= 15 is 0 Å². The Morgan fingerprint density at radius 1 is 1.90 bits per heavy atom. The van der Waals surface area contributed by atoms with Crippen molar-refractivity contribution in [1.82, 2.24) is 9.78 Å². The molecule has 0 unspecified atom stereocenters. The summed E-state index contributed by atoms with van der Waals surface area (Å²) in [5, 5.41) is 15.3. The van der Waals surface area contributed by atoms with Crippen molar-refractivity contribution >= 4 is 17.8 Å². The minimum Gasteiger partial charge on any atom is -0.411 e. The molecule has 0 radical (unpaired) electrons. The third-order valence-corrected chi connectivity index (χ3v) is 1.28. The van der Waals surface area contributed by atoms with Crippen LogP contribution in [0.5, 0.6) is 0 Å². The summed E-state index contributed by atoms with van der Waals surface area (Å²) in [4.78, 5) is 0. The van der Waals surface area contributed by atoms with Crippen molar-refractivity contribution in [2.45, 2.75) is 0 Å². The SMILES string of the molecule is Cn1cc(Cl)c(/C=N/O)n1. The molecule has 0 aliphatic heterocycles. The average Bonchev–Trinajstić information content (AvgIpc) is 2.13. The Balaban J connectivity index is 3.03. The molecule has 1 rings (SSSR count). The highest BCUT2D eigenvalue weighted by atomic mass is 35.5. The van der Waals surface area contributed by atoms with Gasteiger partial charge in [0.05, 0.1) is 11.2 Å². The van der Waals surface area contributed by atoms with E-state index in [1.807, 2.05) is 0 Å². The smallest absolute Gasteiger partial charge is 0.125 e. The molecule has 1 aromatic rings. The van der Waals surface area contributed by atoms with Gasteiger partial charge in [-0.15, -0.1) is 0 Å². The molecule has 0 aliphatic carbocycles. The van der Waals surface area contributed by atoms with Crippen molar-refractivity contribution in [3.63, 3.8) is 0 Å². The van der Waals surface area contributed by atoms with Gasteiger partial charge in [-0.05, 0) is 0 Å². The van der Waals surface area contributed by atoms with Gasteiger partial charge in [0, 0.05) is 13.2 Å². The molecule has 0 amide bonds. The Morgan fingerprint density at radius 3 is 3.00 bits per heavy atom. The van der Waals surface area contributed by atoms with Crippen molar-refractivity contribution in [3.8, 4) is 0 Å². The zero-order valence-corrected chi connectivity index (χ0v) is 6.08. The van der Waals surface area contributed by atoms with Gasteiger partial charge < -0.3 is 5.21 Å². The van der Waals surface area contributed by atoms with Crippen LogP contribution in [0, 0.1) is 0 Å². The largest absolute Gasteiger partial charge is 0.411 e. The minimum absolute atomic E-state index is 0.465. The van der Waals surface area contributed by atoms with E-state index in [4.69, 9.17) is 16.8 Å². The van der Waals surface area contributed by atoms with Crippen molar-refractivity contribution in [1.29, 1.82) is 0 Å². The van der Waals surface area contributed by atoms with Gasteiger partial charge in [-0.25, -0.2) is 0 Å². The molecule has 0 saturated heterocycles. The average molecular weight is 160 g/mol. The molecule has 1 heterocycles. The van der Waals surface area contributed by atoms with Crippen LogP contribution >= 0.6 is 11.6 Å². The Labute approximate surface area is 62.7 Å². The van der Waals surface area contributed by atoms with Crippen LogP contribution in [-0.4, -0.2) is 21.2 Å². The molecule has 1 aromatic heterocycles. The Morgan fingerprint density at radius 2 is 2.60 bits per heavy atom. The Hall–Kier alpha value is -1.03. The van der Waals surface area contributed by atoms with Gasteiger partial charge in [0.25, 0.3) is 0 Å². The van der Waals surface area contributed by atoms with Crippen molar-refractivity contribution in [2.24, 2.45) is 12.2 Å². The Kier molecular flexibility index (Phi) is 1.91. The Bertz CT molecular complexity index is 255. The van der Waals surface area contributed by atoms with Crippen molar-refractivity contribution in [2.75, 3.05) is 0 Å². The molecular weight excluding hydrogens is 154 g/mol. The van der Waals surface area contributed by atoms with Gasteiger partial charge in [0.2, 0.25) is 0 Å². The van der Waals surface area contributed by atoms with E-state index in [1.54, 1.807) is 17.9 Å². The van der Waals surface area contributed by atoms with Gasteiger partial charge in [-0.1, -0.05) is 16.8 Å². The summed E-state index contributed by atoms with van der Waals surface area (Å²) in [6.07, 6.45) is 2.81. The van der Waals surface area contributed by atoms with Gasteiger partial charge >= 0.3 is 0 Å². The summed E-state index contributed by atoms with van der Waals surface area (Å²) in [5.41, 5.74) is 0.465. The lowest BCUT2D eigenvalue weighted by Gasteiger charge is -1.81. The summed E-state index contributed by atoms with van der Waals surface area (Å²) in [6.45, 7) is 0. The normalized spacial score (nSPS) is 11.0. The van der Waals surface area contributed by atoms with Gasteiger partial charge in [0.1, 0.15) is 5.69 Å². The van der Waals surface area contributed by atoms with E-state index in [1.165, 1.54) is 6.21 Å². The molecule has 0 aliphatic rings. The lowest BCUT2D eigenvalue weighted by molar-refractivity contribution is 0.321. The second-order valence-corrected chi connectivity index (χ2v) is 2.19. The van der Waals surface area contributed by atoms with Crippen LogP contribution < -0.4 is 0 Å². The third kappa shape index (κ3) is 1.27. The summed E-state index contributed by atoms with van der Waals surface area (Å²) in [5.74, 6) is 0. The zero-order valence-electron chi connectivity index (χ0n) is 5.32. The predicted octanol–water partition coefficient (Wildman–Crippen LogP) is 0.882. The lowest BCUT2D eigenvalue weighted by Crippen LogP contribution is -1.89. The van der Waals surface area contributed by atoms with Crippen molar-refractivity contribution < 1.29 is 5.21 Å². The molecule has 1 N–H and O–H groups in total. The van der Waals surface area contributed by atoms with E-state index in [-0.39, 0.29) is 0 Å². The van der Waals surface area contributed by atoms with Gasteiger partial charge in [-0.2, -0.15) is 5.10 Å². The molecule has 0 fully saturated rings. The third-order valence-electron chi connectivity index (χ3n) is 0.990. The van der Waals surface area contributed by atoms with Crippen molar-refractivity contribution in [3.05, 3.63) is 16.9 Å². The van der Waals surface area contributed by atoms with Crippen LogP contribution in [0.3, 0.4) is 0 Å². The van der Waals surface area contributed by atoms with E-state index in [9.17, 15) is 0 Å². The first-order valence-corrected chi connectivity index (χ1v) is 2.98. The minimum atomic E-state index is 0.465. The fraction of sp³-hybridized carbons (Fsp3) is 0.200. The maximum Gasteiger partial charge on any atom is 0.125 e. The van der Waals surface area contributed by atoms with Crippen LogP contribution in [0.4, 0.5) is 0 Å². The van der Waals surface area contributed by atoms with E-state index in [0.717, 1.165) is 0 Å². The number of nitrogens with zero attached hydrogens (tertiary/aromatic N) is 3. The molecular formula is C5H6ClN3O. The number of oxime groups is 1. The number of hydrogen-bond donors (Lipinski definition) is 1. The first-order valence-electron chi connectivity index (χ1n) is 2.60. The van der Waals surface area contributed by atoms with Gasteiger partial charge in [-0.3, -0.25) is 4.68 Å². The first-order chi connectivity index (χ1) is 4.74. The molecule has 0 spiro atoms. The molecule has 54 valence electrons. The summed E-state index contributed by atoms with van der Waals surface area (Å²) < 4.78 is 1.54. The monoisotopic (exact) mass is 159 g/mol. The summed E-state index contributed by atoms with van der Waals surface area (Å²) in [7, 11) is 1.74. The summed E-state index contributed by atoms with van der Waals surface area (Å²) >= 11 is 5.64. The molecule has 0 aromatic carbocycles. The fourth-order valence-electron chi connectivity index (χ4n) is 0.619. The van der Waals surface area contributed by atoms with Crippen LogP contribution in [0.25, 0.3) is 0 Å². The molecule has 0 saturated carbocycles. The first kappa shape index (κ1) is 7.08. The molecule has 4 nitrogen and oxygen atoms in total. The maximum absolute atomic E-state index is 8.11. The van der Waals surface area contributed by atoms with Crippen LogP contribution in [-0.2, 0) is 7.05 Å². The number of hydrogen-bond acceptors (Lipinski definition) is 3. The van der Waals surface area contributed by atoms with E-state index < -0.39 is 0 Å². The second kappa shape index (κ2) is 2.70. The lowest BCUT2D eigenvalue weighted by atomic mass is 10.5. The second-order valence-electron chi connectivity index (χ2n) is 1.78. The molecule has 0 atom stereocenters. The number of aromatic nitrogens is 2. The highest BCUT2D eigenvalue weighted by molar-refractivity contribution is 6.32. The van der Waals surface area contributed by atoms with Crippen LogP contribution in [0.2, 0.25) is 5.02 Å². The van der Waals surface area contributed by atoms with E-state index in [2.05, 4.69) is 10.3 Å². The molecule has 5 heteroatoms. The van der Waals surface area contributed by atoms with Crippen LogP contribution in [0.15, 0.2) is 11.4 Å². The molecule has 10 heavy (non-hydrogen) atoms. The maximum atomic E-state index is 8.11. The molecule has 0 bridgehead atoms. The van der Waals surface area contributed by atoms with Crippen LogP contribution in [0.1, 0.15) is 5.69 Å². The highest BCUT2D eigenvalue weighted by Crippen LogP contribution is 2.09. The standard InChI is InChI=1S/C5H6ClN3O/c1-9-3-4(6)5(8-9)2-7-10/h2-3,10H,1H3/b7-2+. The quantitative estimate of drug-likeness (QED) is 0.376. The number of aryl methyl sites for hydroxylation is 1. The number of rotatable bonds is 1. The topological polar surface area (TPSA) is 50.4 Å². The van der Waals surface area contributed by atoms with E-state index in [0.29, 0.717) is 10.7 Å². The fourth-order valence-corrected chi connectivity index (χ4v) is 0.847. The summed E-state index contributed by atoms with van der Waals surface area (Å²) in [6, 6.07) is 0. The number of halogens is 1. The predicted molar refractivity (Wildman–Crippen MR) is 37.6 cm³/mol. The van der Waals surface area contributed by atoms with Gasteiger partial charge in [0.15, 0.2) is 0 Å².